The third-order valence-corrected chi connectivity index (χ3v) is 6.53. The van der Waals surface area contributed by atoms with E-state index in [1.807, 2.05) is 32.6 Å². The Labute approximate surface area is 116 Å². The molecule has 1 atom stereocenters. The SMILES string of the molecule is CCCC(=O)OS(=O)(=N[Si](C)(C)C)c1ccccc1. The van der Waals surface area contributed by atoms with Gasteiger partial charge in [-0.3, -0.25) is 4.79 Å². The molecule has 0 aliphatic carbocycles. The van der Waals surface area contributed by atoms with Crippen molar-refractivity contribution in [1.29, 1.82) is 0 Å². The summed E-state index contributed by atoms with van der Waals surface area (Å²) < 4.78 is 22.5. The van der Waals surface area contributed by atoms with E-state index in [1.165, 1.54) is 0 Å². The first-order chi connectivity index (χ1) is 8.77. The van der Waals surface area contributed by atoms with E-state index < -0.39 is 24.2 Å². The molecule has 4 nitrogen and oxygen atoms in total. The standard InChI is InChI=1S/C13H21NO3SSi/c1-5-9-13(15)17-18(16,14-19(2,3)4)12-10-7-6-8-11-12/h6-8,10-11H,5,9H2,1-4H3. The second-order valence-electron chi connectivity index (χ2n) is 5.26. The van der Waals surface area contributed by atoms with Crippen LogP contribution in [0.15, 0.2) is 39.3 Å². The van der Waals surface area contributed by atoms with Crippen LogP contribution in [-0.2, 0) is 19.0 Å². The van der Waals surface area contributed by atoms with Crippen molar-refractivity contribution in [3.8, 4) is 0 Å². The maximum absolute atomic E-state index is 12.9. The molecule has 0 spiro atoms. The van der Waals surface area contributed by atoms with Crippen molar-refractivity contribution in [3.05, 3.63) is 30.3 Å². The molecular weight excluding hydrogens is 278 g/mol. The second kappa shape index (κ2) is 6.34. The zero-order valence-electron chi connectivity index (χ0n) is 11.9. The first kappa shape index (κ1) is 15.9. The van der Waals surface area contributed by atoms with E-state index in [2.05, 4.69) is 4.03 Å². The Kier molecular flexibility index (Phi) is 5.31. The van der Waals surface area contributed by atoms with Crippen LogP contribution in [0, 0.1) is 0 Å². The van der Waals surface area contributed by atoms with Crippen molar-refractivity contribution in [2.45, 2.75) is 44.3 Å². The number of benzene rings is 1. The van der Waals surface area contributed by atoms with Gasteiger partial charge >= 0.3 is 5.97 Å². The van der Waals surface area contributed by atoms with Crippen LogP contribution in [0.3, 0.4) is 0 Å². The molecule has 1 unspecified atom stereocenters. The zero-order valence-corrected chi connectivity index (χ0v) is 13.7. The quantitative estimate of drug-likeness (QED) is 0.780. The van der Waals surface area contributed by atoms with Gasteiger partial charge in [0.05, 0.1) is 4.90 Å². The van der Waals surface area contributed by atoms with Gasteiger partial charge in [0.15, 0.2) is 8.24 Å². The molecule has 0 aliphatic rings. The van der Waals surface area contributed by atoms with Crippen molar-refractivity contribution in [2.75, 3.05) is 0 Å². The molecule has 6 heteroatoms. The van der Waals surface area contributed by atoms with Gasteiger partial charge in [-0.2, -0.15) is 0 Å². The lowest BCUT2D eigenvalue weighted by atomic mass is 10.4. The van der Waals surface area contributed by atoms with Crippen molar-refractivity contribution in [2.24, 2.45) is 4.03 Å². The normalized spacial score (nSPS) is 14.5. The van der Waals surface area contributed by atoms with E-state index in [1.54, 1.807) is 24.3 Å². The van der Waals surface area contributed by atoms with Gasteiger partial charge in [0.1, 0.15) is 0 Å². The summed E-state index contributed by atoms with van der Waals surface area (Å²) in [6.07, 6.45) is 0.918. The van der Waals surface area contributed by atoms with E-state index in [0.29, 0.717) is 11.3 Å². The van der Waals surface area contributed by atoms with Gasteiger partial charge in [0, 0.05) is 6.42 Å². The highest BCUT2D eigenvalue weighted by molar-refractivity contribution is 7.90. The van der Waals surface area contributed by atoms with Crippen LogP contribution < -0.4 is 0 Å². The topological polar surface area (TPSA) is 55.7 Å². The summed E-state index contributed by atoms with van der Waals surface area (Å²) in [5.41, 5.74) is 0. The average molecular weight is 299 g/mol. The van der Waals surface area contributed by atoms with Crippen molar-refractivity contribution in [3.63, 3.8) is 0 Å². The molecule has 0 saturated carbocycles. The monoisotopic (exact) mass is 299 g/mol. The Bertz CT molecular complexity index is 543. The van der Waals surface area contributed by atoms with Crippen LogP contribution in [0.2, 0.25) is 19.6 Å². The fourth-order valence-corrected chi connectivity index (χ4v) is 5.83. The average Bonchev–Trinajstić information content (AvgIpc) is 2.27. The van der Waals surface area contributed by atoms with E-state index in [9.17, 15) is 9.00 Å². The Morgan fingerprint density at radius 3 is 2.32 bits per heavy atom. The van der Waals surface area contributed by atoms with Gasteiger partial charge in [0.2, 0.25) is 10.0 Å². The molecule has 1 aromatic rings. The number of hydrogen-bond donors (Lipinski definition) is 0. The van der Waals surface area contributed by atoms with Crippen LogP contribution in [0.1, 0.15) is 19.8 Å². The molecule has 0 fully saturated rings. The summed E-state index contributed by atoms with van der Waals surface area (Å²) in [5.74, 6) is -0.460. The molecule has 106 valence electrons. The molecule has 1 rings (SSSR count). The highest BCUT2D eigenvalue weighted by atomic mass is 32.2. The summed E-state index contributed by atoms with van der Waals surface area (Å²) in [6.45, 7) is 7.76. The van der Waals surface area contributed by atoms with Crippen molar-refractivity contribution < 1.29 is 13.2 Å². The Balaban J connectivity index is 3.24. The predicted molar refractivity (Wildman–Crippen MR) is 79.6 cm³/mol. The van der Waals surface area contributed by atoms with Crippen molar-refractivity contribution >= 4 is 24.2 Å². The molecular formula is C13H21NO3SSi. The van der Waals surface area contributed by atoms with Gasteiger partial charge in [0.25, 0.3) is 0 Å². The van der Waals surface area contributed by atoms with Gasteiger partial charge in [-0.25, -0.2) is 8.24 Å². The molecule has 0 N–H and O–H groups in total. The maximum Gasteiger partial charge on any atom is 0.320 e. The molecule has 0 bridgehead atoms. The van der Waals surface area contributed by atoms with Crippen LogP contribution in [-0.4, -0.2) is 18.4 Å². The largest absolute Gasteiger partial charge is 0.356 e. The molecule has 0 radical (unpaired) electrons. The minimum absolute atomic E-state index is 0.255. The Morgan fingerprint density at radius 1 is 1.26 bits per heavy atom. The number of rotatable bonds is 5. The first-order valence-electron chi connectivity index (χ1n) is 6.32. The lowest BCUT2D eigenvalue weighted by Gasteiger charge is -2.16. The maximum atomic E-state index is 12.9. The molecule has 0 heterocycles. The second-order valence-corrected chi connectivity index (χ2v) is 11.9. The molecule has 0 saturated heterocycles. The summed E-state index contributed by atoms with van der Waals surface area (Å²) >= 11 is 0. The molecule has 1 aromatic carbocycles. The Hall–Kier alpha value is -1.14. The van der Waals surface area contributed by atoms with E-state index >= 15 is 0 Å². The summed E-state index contributed by atoms with van der Waals surface area (Å²) in [5, 5.41) is 0. The number of hydrogen-bond acceptors (Lipinski definition) is 4. The van der Waals surface area contributed by atoms with Gasteiger partial charge < -0.3 is 4.18 Å². The van der Waals surface area contributed by atoms with E-state index in [4.69, 9.17) is 4.18 Å². The van der Waals surface area contributed by atoms with Crippen LogP contribution >= 0.6 is 0 Å². The number of carbonyl (C=O) groups is 1. The molecule has 0 aliphatic heterocycles. The van der Waals surface area contributed by atoms with Crippen LogP contribution in [0.25, 0.3) is 0 Å². The lowest BCUT2D eigenvalue weighted by molar-refractivity contribution is -0.133. The zero-order chi connectivity index (χ0) is 14.5. The molecule has 0 amide bonds. The highest BCUT2D eigenvalue weighted by Gasteiger charge is 2.23. The third-order valence-electron chi connectivity index (χ3n) is 2.10. The smallest absolute Gasteiger partial charge is 0.320 e. The van der Waals surface area contributed by atoms with Crippen LogP contribution in [0.4, 0.5) is 0 Å². The van der Waals surface area contributed by atoms with Crippen molar-refractivity contribution in [1.82, 2.24) is 0 Å². The summed E-state index contributed by atoms with van der Waals surface area (Å²) in [7, 11) is -5.10. The molecule has 0 aromatic heterocycles. The number of carbonyl (C=O) groups excluding carboxylic acids is 1. The van der Waals surface area contributed by atoms with Crippen LogP contribution in [0.5, 0.6) is 0 Å². The highest BCUT2D eigenvalue weighted by Crippen LogP contribution is 2.20. The Morgan fingerprint density at radius 2 is 1.84 bits per heavy atom. The minimum atomic E-state index is -3.11. The van der Waals surface area contributed by atoms with E-state index in [-0.39, 0.29) is 6.42 Å². The first-order valence-corrected chi connectivity index (χ1v) is 11.2. The lowest BCUT2D eigenvalue weighted by Crippen LogP contribution is -2.23. The third kappa shape index (κ3) is 5.16. The number of nitrogens with zero attached hydrogens (tertiary/aromatic N) is 1. The molecule has 19 heavy (non-hydrogen) atoms. The van der Waals surface area contributed by atoms with Gasteiger partial charge in [-0.1, -0.05) is 25.1 Å². The fraction of sp³-hybridized carbons (Fsp3) is 0.462. The van der Waals surface area contributed by atoms with E-state index in [0.717, 1.165) is 0 Å². The minimum Gasteiger partial charge on any atom is -0.356 e. The predicted octanol–water partition coefficient (Wildman–Crippen LogP) is 3.61. The summed E-state index contributed by atoms with van der Waals surface area (Å²) in [6, 6.07) is 8.73. The van der Waals surface area contributed by atoms with Gasteiger partial charge in [-0.05, 0) is 38.2 Å². The fourth-order valence-electron chi connectivity index (χ4n) is 1.44. The summed E-state index contributed by atoms with van der Waals surface area (Å²) in [4.78, 5) is 12.1. The van der Waals surface area contributed by atoms with Gasteiger partial charge in [-0.15, -0.1) is 0 Å².